The second kappa shape index (κ2) is 10.1. The van der Waals surface area contributed by atoms with Crippen molar-refractivity contribution < 1.29 is 17.6 Å². The molecule has 0 bridgehead atoms. The average Bonchev–Trinajstić information content (AvgIpc) is 2.83. The Morgan fingerprint density at radius 2 is 1.29 bits per heavy atom. The second-order valence-electron chi connectivity index (χ2n) is 8.37. The summed E-state index contributed by atoms with van der Waals surface area (Å²) in [6.07, 6.45) is -1.33. The summed E-state index contributed by atoms with van der Waals surface area (Å²) in [6, 6.07) is 22.3. The zero-order valence-corrected chi connectivity index (χ0v) is 18.8. The molecule has 0 atom stereocenters. The Bertz CT molecular complexity index is 1340. The maximum absolute atomic E-state index is 15.1. The molecule has 0 spiro atoms. The van der Waals surface area contributed by atoms with E-state index >= 15 is 4.39 Å². The quantitative estimate of drug-likeness (QED) is 0.208. The molecule has 172 valence electrons. The van der Waals surface area contributed by atoms with Crippen molar-refractivity contribution in [2.45, 2.75) is 38.8 Å². The SMILES string of the molecule is CCCc1ccc(C#Cc2ccc3c(F)c(CCc4ccc(C(F)(F)F)cc4)ccc3c2)cc1. The summed E-state index contributed by atoms with van der Waals surface area (Å²) < 4.78 is 53.2. The largest absolute Gasteiger partial charge is 0.416 e. The van der Waals surface area contributed by atoms with E-state index in [1.165, 1.54) is 17.7 Å². The van der Waals surface area contributed by atoms with Gasteiger partial charge in [0.25, 0.3) is 0 Å². The van der Waals surface area contributed by atoms with Crippen LogP contribution in [0.5, 0.6) is 0 Å². The van der Waals surface area contributed by atoms with Gasteiger partial charge in [0, 0.05) is 16.5 Å². The van der Waals surface area contributed by atoms with Gasteiger partial charge in [-0.05, 0) is 77.7 Å². The van der Waals surface area contributed by atoms with E-state index in [1.807, 2.05) is 30.3 Å². The van der Waals surface area contributed by atoms with Crippen LogP contribution in [0.4, 0.5) is 17.6 Å². The smallest absolute Gasteiger partial charge is 0.206 e. The van der Waals surface area contributed by atoms with Crippen LogP contribution in [0.2, 0.25) is 0 Å². The highest BCUT2D eigenvalue weighted by Gasteiger charge is 2.29. The molecule has 0 saturated carbocycles. The average molecular weight is 461 g/mol. The molecule has 0 amide bonds. The van der Waals surface area contributed by atoms with Gasteiger partial charge in [0.15, 0.2) is 0 Å². The zero-order chi connectivity index (χ0) is 24.1. The van der Waals surface area contributed by atoms with Crippen molar-refractivity contribution in [3.8, 4) is 11.8 Å². The lowest BCUT2D eigenvalue weighted by atomic mass is 9.98. The van der Waals surface area contributed by atoms with Crippen LogP contribution in [0.1, 0.15) is 46.7 Å². The predicted molar refractivity (Wildman–Crippen MR) is 129 cm³/mol. The number of benzene rings is 4. The number of hydrogen-bond acceptors (Lipinski definition) is 0. The fourth-order valence-corrected chi connectivity index (χ4v) is 3.94. The molecule has 0 saturated heterocycles. The number of alkyl halides is 3. The minimum atomic E-state index is -4.36. The number of halogens is 4. The van der Waals surface area contributed by atoms with Crippen LogP contribution in [-0.2, 0) is 25.4 Å². The molecule has 0 aliphatic carbocycles. The van der Waals surface area contributed by atoms with Crippen LogP contribution in [0.15, 0.2) is 78.9 Å². The topological polar surface area (TPSA) is 0 Å². The van der Waals surface area contributed by atoms with E-state index in [1.54, 1.807) is 12.1 Å². The molecule has 0 fully saturated rings. The summed E-state index contributed by atoms with van der Waals surface area (Å²) >= 11 is 0. The van der Waals surface area contributed by atoms with Gasteiger partial charge in [0.1, 0.15) is 5.82 Å². The van der Waals surface area contributed by atoms with E-state index in [-0.39, 0.29) is 5.82 Å². The molecular weight excluding hydrogens is 436 g/mol. The fraction of sp³-hybridized carbons (Fsp3) is 0.200. The van der Waals surface area contributed by atoms with Crippen molar-refractivity contribution in [2.75, 3.05) is 0 Å². The van der Waals surface area contributed by atoms with Crippen molar-refractivity contribution >= 4 is 10.8 Å². The third-order valence-corrected chi connectivity index (χ3v) is 5.84. The van der Waals surface area contributed by atoms with Crippen molar-refractivity contribution in [1.82, 2.24) is 0 Å². The lowest BCUT2D eigenvalue weighted by Gasteiger charge is -2.09. The van der Waals surface area contributed by atoms with E-state index in [2.05, 4.69) is 30.9 Å². The molecule has 0 aliphatic rings. The summed E-state index contributed by atoms with van der Waals surface area (Å²) in [7, 11) is 0. The Balaban J connectivity index is 1.47. The van der Waals surface area contributed by atoms with Gasteiger partial charge in [-0.25, -0.2) is 4.39 Å². The predicted octanol–water partition coefficient (Wildman–Crippen LogP) is 8.14. The summed E-state index contributed by atoms with van der Waals surface area (Å²) in [4.78, 5) is 0. The summed E-state index contributed by atoms with van der Waals surface area (Å²) in [5.41, 5.74) is 3.63. The fourth-order valence-electron chi connectivity index (χ4n) is 3.94. The Morgan fingerprint density at radius 3 is 1.97 bits per heavy atom. The van der Waals surface area contributed by atoms with Gasteiger partial charge in [-0.15, -0.1) is 0 Å². The summed E-state index contributed by atoms with van der Waals surface area (Å²) in [5, 5.41) is 1.28. The molecule has 0 nitrogen and oxygen atoms in total. The zero-order valence-electron chi connectivity index (χ0n) is 18.8. The van der Waals surface area contributed by atoms with Gasteiger partial charge in [-0.1, -0.05) is 67.6 Å². The van der Waals surface area contributed by atoms with Gasteiger partial charge >= 0.3 is 6.18 Å². The Morgan fingerprint density at radius 1 is 0.676 bits per heavy atom. The normalized spacial score (nSPS) is 11.3. The summed E-state index contributed by atoms with van der Waals surface area (Å²) in [6.45, 7) is 2.15. The van der Waals surface area contributed by atoms with Crippen molar-refractivity contribution in [3.05, 3.63) is 118 Å². The number of aryl methyl sites for hydroxylation is 3. The Hall–Kier alpha value is -3.58. The van der Waals surface area contributed by atoms with Crippen LogP contribution in [0, 0.1) is 17.7 Å². The Labute approximate surface area is 197 Å². The first kappa shape index (κ1) is 23.6. The Kier molecular flexibility index (Phi) is 7.03. The highest BCUT2D eigenvalue weighted by molar-refractivity contribution is 5.85. The van der Waals surface area contributed by atoms with Crippen LogP contribution in [-0.4, -0.2) is 0 Å². The monoisotopic (exact) mass is 460 g/mol. The van der Waals surface area contributed by atoms with Crippen LogP contribution >= 0.6 is 0 Å². The molecule has 4 aromatic rings. The highest BCUT2D eigenvalue weighted by Crippen LogP contribution is 2.29. The highest BCUT2D eigenvalue weighted by atomic mass is 19.4. The first-order valence-corrected chi connectivity index (χ1v) is 11.3. The maximum atomic E-state index is 15.1. The molecule has 4 rings (SSSR count). The molecule has 0 heterocycles. The summed E-state index contributed by atoms with van der Waals surface area (Å²) in [5.74, 6) is 6.01. The molecule has 0 radical (unpaired) electrons. The van der Waals surface area contributed by atoms with E-state index in [4.69, 9.17) is 0 Å². The van der Waals surface area contributed by atoms with E-state index < -0.39 is 11.7 Å². The molecule has 34 heavy (non-hydrogen) atoms. The molecule has 4 heteroatoms. The molecule has 4 aromatic carbocycles. The van der Waals surface area contributed by atoms with Gasteiger partial charge in [0.2, 0.25) is 0 Å². The third-order valence-electron chi connectivity index (χ3n) is 5.84. The van der Waals surface area contributed by atoms with Gasteiger partial charge in [0.05, 0.1) is 5.56 Å². The van der Waals surface area contributed by atoms with Crippen LogP contribution in [0.3, 0.4) is 0 Å². The van der Waals surface area contributed by atoms with Gasteiger partial charge < -0.3 is 0 Å². The number of rotatable bonds is 5. The minimum absolute atomic E-state index is 0.296. The van der Waals surface area contributed by atoms with Crippen LogP contribution in [0.25, 0.3) is 10.8 Å². The van der Waals surface area contributed by atoms with Crippen molar-refractivity contribution in [1.29, 1.82) is 0 Å². The number of fused-ring (bicyclic) bond motifs is 1. The molecule has 0 N–H and O–H groups in total. The van der Waals surface area contributed by atoms with Crippen LogP contribution < -0.4 is 0 Å². The van der Waals surface area contributed by atoms with E-state index in [0.29, 0.717) is 23.8 Å². The van der Waals surface area contributed by atoms with Gasteiger partial charge in [-0.3, -0.25) is 0 Å². The first-order chi connectivity index (χ1) is 16.3. The third kappa shape index (κ3) is 5.66. The minimum Gasteiger partial charge on any atom is -0.206 e. The standard InChI is InChI=1S/C30H24F4/c1-2-3-21-4-6-22(7-5-21)8-9-24-13-19-28-26(20-24)16-15-25(29(28)31)14-10-23-11-17-27(18-12-23)30(32,33)34/h4-7,11-13,15-20H,2-3,10,14H2,1H3. The number of hydrogen-bond donors (Lipinski definition) is 0. The van der Waals surface area contributed by atoms with Crippen molar-refractivity contribution in [2.24, 2.45) is 0 Å². The molecule has 0 aliphatic heterocycles. The van der Waals surface area contributed by atoms with Crippen molar-refractivity contribution in [3.63, 3.8) is 0 Å². The molecule has 0 unspecified atom stereocenters. The van der Waals surface area contributed by atoms with Gasteiger partial charge in [-0.2, -0.15) is 13.2 Å². The molecule has 0 aromatic heterocycles. The van der Waals surface area contributed by atoms with E-state index in [0.717, 1.165) is 47.1 Å². The lowest BCUT2D eigenvalue weighted by molar-refractivity contribution is -0.137. The molecular formula is C30H24F4. The second-order valence-corrected chi connectivity index (χ2v) is 8.37. The maximum Gasteiger partial charge on any atom is 0.416 e. The first-order valence-electron chi connectivity index (χ1n) is 11.3. The lowest BCUT2D eigenvalue weighted by Crippen LogP contribution is -2.04. The van der Waals surface area contributed by atoms with E-state index in [9.17, 15) is 13.2 Å².